The lowest BCUT2D eigenvalue weighted by atomic mass is 9.95. The summed E-state index contributed by atoms with van der Waals surface area (Å²) < 4.78 is 18.6. The van der Waals surface area contributed by atoms with Crippen LogP contribution in [0.15, 0.2) is 47.8 Å². The molecule has 1 aromatic heterocycles. The molecule has 1 N–H and O–H groups in total. The van der Waals surface area contributed by atoms with E-state index in [-0.39, 0.29) is 23.5 Å². The highest BCUT2D eigenvalue weighted by molar-refractivity contribution is 7.14. The maximum Gasteiger partial charge on any atom is 0.253 e. The fraction of sp³-hybridized carbons (Fsp3) is 0.292. The van der Waals surface area contributed by atoms with Gasteiger partial charge in [-0.2, -0.15) is 0 Å². The van der Waals surface area contributed by atoms with Crippen molar-refractivity contribution in [1.29, 1.82) is 0 Å². The Morgan fingerprint density at radius 1 is 1.12 bits per heavy atom. The van der Waals surface area contributed by atoms with Crippen molar-refractivity contribution in [1.82, 2.24) is 9.88 Å². The van der Waals surface area contributed by atoms with E-state index in [1.165, 1.54) is 41.2 Å². The molecule has 164 valence electrons. The molecule has 3 aromatic rings. The summed E-state index contributed by atoms with van der Waals surface area (Å²) in [5.74, 6) is 0.196. The molecule has 2 aliphatic rings. The average molecular weight is 452 g/mol. The minimum Gasteiger partial charge on any atom is -0.493 e. The molecule has 2 aromatic carbocycles. The largest absolute Gasteiger partial charge is 0.493 e. The number of amides is 2. The highest BCUT2D eigenvalue weighted by Crippen LogP contribution is 2.32. The van der Waals surface area contributed by atoms with Crippen LogP contribution >= 0.6 is 11.3 Å². The van der Waals surface area contributed by atoms with Crippen LogP contribution in [0.2, 0.25) is 0 Å². The summed E-state index contributed by atoms with van der Waals surface area (Å²) in [6.45, 7) is 1.70. The molecule has 6 nitrogen and oxygen atoms in total. The van der Waals surface area contributed by atoms with Crippen molar-refractivity contribution in [2.75, 3.05) is 25.0 Å². The van der Waals surface area contributed by atoms with Gasteiger partial charge in [-0.25, -0.2) is 9.37 Å². The zero-order chi connectivity index (χ0) is 22.1. The third kappa shape index (κ3) is 4.23. The summed E-state index contributed by atoms with van der Waals surface area (Å²) in [4.78, 5) is 31.6. The molecule has 1 fully saturated rings. The monoisotopic (exact) mass is 451 g/mol. The van der Waals surface area contributed by atoms with E-state index in [1.807, 2.05) is 17.5 Å². The number of thiazole rings is 1. The van der Waals surface area contributed by atoms with Crippen LogP contribution in [0.1, 0.15) is 28.8 Å². The van der Waals surface area contributed by atoms with Crippen molar-refractivity contribution < 1.29 is 18.7 Å². The van der Waals surface area contributed by atoms with Crippen molar-refractivity contribution >= 4 is 28.3 Å². The normalized spacial score (nSPS) is 15.8. The zero-order valence-corrected chi connectivity index (χ0v) is 18.2. The number of carbonyl (C=O) groups excluding carboxylic acids is 2. The van der Waals surface area contributed by atoms with Gasteiger partial charge in [0.1, 0.15) is 11.6 Å². The lowest BCUT2D eigenvalue weighted by molar-refractivity contribution is -0.121. The minimum absolute atomic E-state index is 0.0675. The molecule has 0 aliphatic carbocycles. The van der Waals surface area contributed by atoms with E-state index in [2.05, 4.69) is 16.4 Å². The number of anilines is 1. The van der Waals surface area contributed by atoms with Gasteiger partial charge in [0, 0.05) is 41.9 Å². The fourth-order valence-electron chi connectivity index (χ4n) is 4.14. The molecule has 0 saturated carbocycles. The number of rotatable bonds is 4. The predicted molar refractivity (Wildman–Crippen MR) is 120 cm³/mol. The van der Waals surface area contributed by atoms with Crippen molar-refractivity contribution in [2.45, 2.75) is 19.3 Å². The standard InChI is InChI=1S/C24H22FN3O3S/c25-19-4-1-16(2-5-19)23(30)28-10-7-15(8-11-28)22(29)27-24-26-20(14-32-24)17-3-6-21-18(13-17)9-12-31-21/h1-6,13-15H,7-12H2,(H,26,27,29). The van der Waals surface area contributed by atoms with Crippen LogP contribution in [0.3, 0.4) is 0 Å². The number of benzene rings is 2. The fourth-order valence-corrected chi connectivity index (χ4v) is 4.86. The molecule has 2 aliphatic heterocycles. The van der Waals surface area contributed by atoms with Crippen molar-refractivity contribution in [2.24, 2.45) is 5.92 Å². The van der Waals surface area contributed by atoms with Gasteiger partial charge in [-0.15, -0.1) is 11.3 Å². The highest BCUT2D eigenvalue weighted by atomic mass is 32.1. The van der Waals surface area contributed by atoms with E-state index in [4.69, 9.17) is 4.74 Å². The number of carbonyl (C=O) groups is 2. The van der Waals surface area contributed by atoms with Crippen molar-refractivity contribution in [3.8, 4) is 17.0 Å². The van der Waals surface area contributed by atoms with Gasteiger partial charge in [0.2, 0.25) is 5.91 Å². The molecule has 1 saturated heterocycles. The van der Waals surface area contributed by atoms with Crippen LogP contribution in [-0.4, -0.2) is 41.4 Å². The Morgan fingerprint density at radius 2 is 1.91 bits per heavy atom. The first-order valence-corrected chi connectivity index (χ1v) is 11.5. The van der Waals surface area contributed by atoms with Gasteiger partial charge in [0.15, 0.2) is 5.13 Å². The van der Waals surface area contributed by atoms with Crippen molar-refractivity contribution in [3.05, 3.63) is 64.8 Å². The third-order valence-corrected chi connectivity index (χ3v) is 6.72. The maximum atomic E-state index is 13.1. The van der Waals surface area contributed by atoms with E-state index in [0.29, 0.717) is 43.2 Å². The van der Waals surface area contributed by atoms with Gasteiger partial charge in [-0.1, -0.05) is 0 Å². The number of hydrogen-bond acceptors (Lipinski definition) is 5. The van der Waals surface area contributed by atoms with E-state index >= 15 is 0 Å². The Balaban J connectivity index is 1.17. The molecule has 0 bridgehead atoms. The number of likely N-dealkylation sites (tertiary alicyclic amines) is 1. The summed E-state index contributed by atoms with van der Waals surface area (Å²) in [6, 6.07) is 11.6. The first-order valence-electron chi connectivity index (χ1n) is 10.6. The quantitative estimate of drug-likeness (QED) is 0.639. The minimum atomic E-state index is -0.368. The average Bonchev–Trinajstić information content (AvgIpc) is 3.48. The van der Waals surface area contributed by atoms with Crippen LogP contribution in [0.5, 0.6) is 5.75 Å². The lowest BCUT2D eigenvalue weighted by Crippen LogP contribution is -2.41. The number of aromatic nitrogens is 1. The molecule has 0 unspecified atom stereocenters. The first kappa shape index (κ1) is 20.6. The van der Waals surface area contributed by atoms with Gasteiger partial charge < -0.3 is 15.0 Å². The second-order valence-electron chi connectivity index (χ2n) is 8.02. The highest BCUT2D eigenvalue weighted by Gasteiger charge is 2.28. The molecule has 32 heavy (non-hydrogen) atoms. The Kier molecular flexibility index (Phi) is 5.61. The van der Waals surface area contributed by atoms with E-state index in [9.17, 15) is 14.0 Å². The van der Waals surface area contributed by atoms with E-state index in [0.717, 1.165) is 23.4 Å². The van der Waals surface area contributed by atoms with Crippen LogP contribution in [0.25, 0.3) is 11.3 Å². The molecule has 0 spiro atoms. The Hall–Kier alpha value is -3.26. The van der Waals surface area contributed by atoms with Crippen LogP contribution in [0, 0.1) is 11.7 Å². The predicted octanol–water partition coefficient (Wildman–Crippen LogP) is 4.38. The second-order valence-corrected chi connectivity index (χ2v) is 8.88. The zero-order valence-electron chi connectivity index (χ0n) is 17.3. The molecular weight excluding hydrogens is 429 g/mol. The third-order valence-electron chi connectivity index (χ3n) is 5.96. The van der Waals surface area contributed by atoms with E-state index in [1.54, 1.807) is 4.90 Å². The molecular formula is C24H22FN3O3S. The number of halogens is 1. The molecule has 3 heterocycles. The number of hydrogen-bond donors (Lipinski definition) is 1. The van der Waals surface area contributed by atoms with Crippen LogP contribution in [-0.2, 0) is 11.2 Å². The lowest BCUT2D eigenvalue weighted by Gasteiger charge is -2.31. The summed E-state index contributed by atoms with van der Waals surface area (Å²) >= 11 is 1.40. The molecule has 5 rings (SSSR count). The Bertz CT molecular complexity index is 1150. The van der Waals surface area contributed by atoms with Gasteiger partial charge in [-0.3, -0.25) is 9.59 Å². The molecule has 0 radical (unpaired) electrons. The first-order chi connectivity index (χ1) is 15.6. The Morgan fingerprint density at radius 3 is 2.69 bits per heavy atom. The molecule has 8 heteroatoms. The summed E-state index contributed by atoms with van der Waals surface area (Å²) in [5.41, 5.74) is 3.49. The molecule has 2 amide bonds. The summed E-state index contributed by atoms with van der Waals surface area (Å²) in [6.07, 6.45) is 2.07. The van der Waals surface area contributed by atoms with Crippen LogP contribution in [0.4, 0.5) is 9.52 Å². The topological polar surface area (TPSA) is 71.5 Å². The van der Waals surface area contributed by atoms with Crippen LogP contribution < -0.4 is 10.1 Å². The summed E-state index contributed by atoms with van der Waals surface area (Å²) in [5, 5.41) is 5.45. The molecule has 0 atom stereocenters. The number of nitrogens with zero attached hydrogens (tertiary/aromatic N) is 2. The van der Waals surface area contributed by atoms with Gasteiger partial charge >= 0.3 is 0 Å². The van der Waals surface area contributed by atoms with Gasteiger partial charge in [0.25, 0.3) is 5.91 Å². The smallest absolute Gasteiger partial charge is 0.253 e. The van der Waals surface area contributed by atoms with Gasteiger partial charge in [0.05, 0.1) is 12.3 Å². The van der Waals surface area contributed by atoms with Gasteiger partial charge in [-0.05, 0) is 60.9 Å². The maximum absolute atomic E-state index is 13.1. The van der Waals surface area contributed by atoms with Crippen molar-refractivity contribution in [3.63, 3.8) is 0 Å². The Labute approximate surface area is 189 Å². The van der Waals surface area contributed by atoms with E-state index < -0.39 is 0 Å². The second kappa shape index (κ2) is 8.70. The summed E-state index contributed by atoms with van der Waals surface area (Å²) in [7, 11) is 0. The number of nitrogens with one attached hydrogen (secondary N) is 1. The SMILES string of the molecule is O=C(Nc1nc(-c2ccc3c(c2)CCO3)cs1)C1CCN(C(=O)c2ccc(F)cc2)CC1. The number of piperidine rings is 1. The number of fused-ring (bicyclic) bond motifs is 1. The number of ether oxygens (including phenoxy) is 1.